The largest absolute Gasteiger partial charge is 0.507 e. The number of nitrogens with zero attached hydrogens (tertiary/aromatic N) is 2. The number of ether oxygens (including phenoxy) is 3. The number of methoxy groups -OCH3 is 2. The Balaban J connectivity index is 2.14. The molecule has 1 saturated heterocycles. The molecule has 0 aliphatic carbocycles. The van der Waals surface area contributed by atoms with Crippen molar-refractivity contribution >= 4 is 17.4 Å². The van der Waals surface area contributed by atoms with Gasteiger partial charge in [-0.1, -0.05) is 18.7 Å². The fraction of sp³-hybridized carbons (Fsp3) is 0.308. The summed E-state index contributed by atoms with van der Waals surface area (Å²) in [6, 6.07) is 11.1. The van der Waals surface area contributed by atoms with Gasteiger partial charge in [-0.05, 0) is 56.1 Å². The molecule has 180 valence electrons. The highest BCUT2D eigenvalue weighted by Crippen LogP contribution is 2.42. The molecule has 8 heteroatoms. The molecular weight excluding hydrogens is 436 g/mol. The third-order valence-electron chi connectivity index (χ3n) is 5.55. The van der Waals surface area contributed by atoms with E-state index in [4.69, 9.17) is 14.2 Å². The fourth-order valence-corrected chi connectivity index (χ4v) is 3.79. The van der Waals surface area contributed by atoms with Gasteiger partial charge >= 0.3 is 0 Å². The minimum atomic E-state index is -0.788. The zero-order valence-corrected chi connectivity index (χ0v) is 19.9. The number of carbonyl (C=O) groups is 2. The van der Waals surface area contributed by atoms with Crippen LogP contribution in [0.5, 0.6) is 17.2 Å². The molecule has 0 radical (unpaired) electrons. The van der Waals surface area contributed by atoms with Gasteiger partial charge in [0.25, 0.3) is 11.7 Å². The Hall–Kier alpha value is -3.78. The lowest BCUT2D eigenvalue weighted by Gasteiger charge is -2.27. The lowest BCUT2D eigenvalue weighted by molar-refractivity contribution is -0.140. The van der Waals surface area contributed by atoms with Gasteiger partial charge in [-0.3, -0.25) is 9.59 Å². The molecule has 1 N–H and O–H groups in total. The van der Waals surface area contributed by atoms with Crippen molar-refractivity contribution in [1.82, 2.24) is 9.80 Å². The second-order valence-corrected chi connectivity index (χ2v) is 8.03. The minimum Gasteiger partial charge on any atom is -0.507 e. The first-order chi connectivity index (χ1) is 16.3. The van der Waals surface area contributed by atoms with E-state index in [1.165, 1.54) is 12.0 Å². The molecule has 1 amide bonds. The molecule has 1 atom stereocenters. The number of amides is 1. The summed E-state index contributed by atoms with van der Waals surface area (Å²) in [7, 11) is 6.83. The van der Waals surface area contributed by atoms with E-state index in [0.29, 0.717) is 48.1 Å². The van der Waals surface area contributed by atoms with E-state index in [9.17, 15) is 14.7 Å². The van der Waals surface area contributed by atoms with Gasteiger partial charge < -0.3 is 29.1 Å². The smallest absolute Gasteiger partial charge is 0.295 e. The number of likely N-dealkylation sites (tertiary alicyclic amines) is 1. The normalized spacial score (nSPS) is 17.2. The molecule has 1 unspecified atom stereocenters. The first-order valence-electron chi connectivity index (χ1n) is 10.8. The lowest BCUT2D eigenvalue weighted by atomic mass is 9.95. The first kappa shape index (κ1) is 24.9. The van der Waals surface area contributed by atoms with Crippen molar-refractivity contribution in [3.05, 3.63) is 71.8 Å². The van der Waals surface area contributed by atoms with E-state index in [2.05, 4.69) is 6.58 Å². The maximum atomic E-state index is 13.1. The van der Waals surface area contributed by atoms with Crippen molar-refractivity contribution < 1.29 is 28.9 Å². The summed E-state index contributed by atoms with van der Waals surface area (Å²) >= 11 is 0. The van der Waals surface area contributed by atoms with Gasteiger partial charge in [0.1, 0.15) is 18.1 Å². The van der Waals surface area contributed by atoms with Crippen LogP contribution in [-0.2, 0) is 9.59 Å². The maximum absolute atomic E-state index is 13.1. The van der Waals surface area contributed by atoms with Crippen LogP contribution in [0.2, 0.25) is 0 Å². The highest BCUT2D eigenvalue weighted by molar-refractivity contribution is 6.46. The molecule has 2 aromatic rings. The predicted molar refractivity (Wildman–Crippen MR) is 129 cm³/mol. The molecule has 3 rings (SSSR count). The molecule has 0 bridgehead atoms. The Morgan fingerprint density at radius 2 is 1.79 bits per heavy atom. The molecule has 0 saturated carbocycles. The number of likely N-dealkylation sites (N-methyl/N-ethyl adjacent to an activating group) is 1. The molecular formula is C26H30N2O6. The average molecular weight is 467 g/mol. The minimum absolute atomic E-state index is 0.0238. The maximum Gasteiger partial charge on any atom is 0.295 e. The zero-order valence-electron chi connectivity index (χ0n) is 19.9. The average Bonchev–Trinajstić information content (AvgIpc) is 3.10. The summed E-state index contributed by atoms with van der Waals surface area (Å²) in [5, 5.41) is 11.2. The predicted octanol–water partition coefficient (Wildman–Crippen LogP) is 3.25. The van der Waals surface area contributed by atoms with Gasteiger partial charge in [-0.15, -0.1) is 0 Å². The number of hydrogen-bond acceptors (Lipinski definition) is 7. The summed E-state index contributed by atoms with van der Waals surface area (Å²) in [4.78, 5) is 29.6. The summed E-state index contributed by atoms with van der Waals surface area (Å²) in [6.45, 7) is 4.80. The Labute approximate surface area is 199 Å². The van der Waals surface area contributed by atoms with Gasteiger partial charge in [0, 0.05) is 18.7 Å². The van der Waals surface area contributed by atoms with E-state index >= 15 is 0 Å². The van der Waals surface area contributed by atoms with Crippen LogP contribution < -0.4 is 14.2 Å². The van der Waals surface area contributed by atoms with Crippen LogP contribution in [0.15, 0.2) is 60.7 Å². The topological polar surface area (TPSA) is 88.5 Å². The van der Waals surface area contributed by atoms with E-state index in [0.717, 1.165) is 0 Å². The number of Topliss-reactive ketones (excluding diaryl/α,β-unsaturated/α-hetero) is 1. The number of aliphatic hydroxyl groups excluding tert-OH is 1. The summed E-state index contributed by atoms with van der Waals surface area (Å²) in [5.41, 5.74) is 1.06. The van der Waals surface area contributed by atoms with E-state index < -0.39 is 17.7 Å². The van der Waals surface area contributed by atoms with Gasteiger partial charge in [-0.2, -0.15) is 0 Å². The van der Waals surface area contributed by atoms with Crippen LogP contribution in [0, 0.1) is 0 Å². The quantitative estimate of drug-likeness (QED) is 0.249. The third kappa shape index (κ3) is 5.07. The molecule has 34 heavy (non-hydrogen) atoms. The lowest BCUT2D eigenvalue weighted by Crippen LogP contribution is -2.35. The standard InChI is InChI=1S/C26H30N2O6/c1-6-15-34-20-12-9-18(16-21(20)33-5)23-22(24(29)17-7-10-19(32-4)11-8-17)25(30)26(31)28(23)14-13-27(2)3/h6-12,16,23,29H,1,13-15H2,2-5H3. The van der Waals surface area contributed by atoms with Gasteiger partial charge in [0.05, 0.1) is 25.8 Å². The Morgan fingerprint density at radius 1 is 1.09 bits per heavy atom. The molecule has 2 aromatic carbocycles. The third-order valence-corrected chi connectivity index (χ3v) is 5.55. The summed E-state index contributed by atoms with van der Waals surface area (Å²) < 4.78 is 16.3. The number of rotatable bonds is 10. The van der Waals surface area contributed by atoms with Crippen molar-refractivity contribution in [2.75, 3.05) is 48.0 Å². The highest BCUT2D eigenvalue weighted by Gasteiger charge is 2.46. The van der Waals surface area contributed by atoms with Crippen molar-refractivity contribution in [3.63, 3.8) is 0 Å². The number of benzene rings is 2. The van der Waals surface area contributed by atoms with Crippen molar-refractivity contribution in [2.45, 2.75) is 6.04 Å². The van der Waals surface area contributed by atoms with Crippen molar-refractivity contribution in [2.24, 2.45) is 0 Å². The van der Waals surface area contributed by atoms with Gasteiger partial charge in [0.15, 0.2) is 11.5 Å². The Kier molecular flexibility index (Phi) is 7.96. The summed E-state index contributed by atoms with van der Waals surface area (Å²) in [5.74, 6) is -0.0758. The second kappa shape index (κ2) is 10.9. The Bertz CT molecular complexity index is 1090. The monoisotopic (exact) mass is 466 g/mol. The van der Waals surface area contributed by atoms with Crippen LogP contribution in [0.3, 0.4) is 0 Å². The zero-order chi connectivity index (χ0) is 24.8. The first-order valence-corrected chi connectivity index (χ1v) is 10.8. The number of aliphatic hydroxyl groups is 1. The Morgan fingerprint density at radius 3 is 2.38 bits per heavy atom. The molecule has 0 aromatic heterocycles. The van der Waals surface area contributed by atoms with Gasteiger partial charge in [-0.25, -0.2) is 0 Å². The molecule has 1 fully saturated rings. The van der Waals surface area contributed by atoms with E-state index in [-0.39, 0.29) is 11.3 Å². The molecule has 0 spiro atoms. The summed E-state index contributed by atoms with van der Waals surface area (Å²) in [6.07, 6.45) is 1.62. The van der Waals surface area contributed by atoms with E-state index in [1.807, 2.05) is 19.0 Å². The van der Waals surface area contributed by atoms with Crippen LogP contribution in [0.1, 0.15) is 17.2 Å². The van der Waals surface area contributed by atoms with Crippen molar-refractivity contribution in [1.29, 1.82) is 0 Å². The van der Waals surface area contributed by atoms with Crippen LogP contribution in [0.25, 0.3) is 5.76 Å². The molecule has 1 heterocycles. The highest BCUT2D eigenvalue weighted by atomic mass is 16.5. The molecule has 8 nitrogen and oxygen atoms in total. The fourth-order valence-electron chi connectivity index (χ4n) is 3.79. The second-order valence-electron chi connectivity index (χ2n) is 8.03. The van der Waals surface area contributed by atoms with Gasteiger partial charge in [0.2, 0.25) is 0 Å². The number of carbonyl (C=O) groups excluding carboxylic acids is 2. The SMILES string of the molecule is C=CCOc1ccc(C2C(=C(O)c3ccc(OC)cc3)C(=O)C(=O)N2CCN(C)C)cc1OC. The molecule has 1 aliphatic rings. The number of ketones is 1. The van der Waals surface area contributed by atoms with Crippen LogP contribution >= 0.6 is 0 Å². The number of hydrogen-bond donors (Lipinski definition) is 1. The van der Waals surface area contributed by atoms with Crippen molar-refractivity contribution in [3.8, 4) is 17.2 Å². The van der Waals surface area contributed by atoms with Crippen LogP contribution in [0.4, 0.5) is 0 Å². The molecule has 1 aliphatic heterocycles. The van der Waals surface area contributed by atoms with E-state index in [1.54, 1.807) is 55.7 Å². The van der Waals surface area contributed by atoms with Crippen LogP contribution in [-0.4, -0.2) is 74.6 Å².